The number of aliphatic carboxylic acids is 1. The number of carbonyl (C=O) groups excluding carboxylic acids is 2. The lowest BCUT2D eigenvalue weighted by Crippen LogP contribution is -2.27. The van der Waals surface area contributed by atoms with Crippen molar-refractivity contribution in [2.24, 2.45) is 0 Å². The van der Waals surface area contributed by atoms with E-state index in [-0.39, 0.29) is 41.6 Å². The third kappa shape index (κ3) is 6.14. The van der Waals surface area contributed by atoms with Crippen LogP contribution in [0.3, 0.4) is 0 Å². The summed E-state index contributed by atoms with van der Waals surface area (Å²) < 4.78 is 5.52. The zero-order valence-corrected chi connectivity index (χ0v) is 16.4. The van der Waals surface area contributed by atoms with Crippen LogP contribution < -0.4 is 10.6 Å². The molecule has 1 aromatic carbocycles. The van der Waals surface area contributed by atoms with Gasteiger partial charge in [-0.15, -0.1) is 10.2 Å². The summed E-state index contributed by atoms with van der Waals surface area (Å²) in [6.45, 7) is 0.0630. The highest BCUT2D eigenvalue weighted by Crippen LogP contribution is 2.24. The SMILES string of the molecule is O=C(O)CCNC(=O)CSc1nnc(-c2ccc(NC(=O)c3cccnc3)cc2)o1. The van der Waals surface area contributed by atoms with Crippen molar-refractivity contribution >= 4 is 35.2 Å². The van der Waals surface area contributed by atoms with Crippen molar-refractivity contribution in [2.75, 3.05) is 17.6 Å². The van der Waals surface area contributed by atoms with Gasteiger partial charge in [-0.25, -0.2) is 0 Å². The first-order chi connectivity index (χ1) is 14.5. The second kappa shape index (κ2) is 10.2. The number of hydrogen-bond donors (Lipinski definition) is 3. The summed E-state index contributed by atoms with van der Waals surface area (Å²) in [5, 5.41) is 21.8. The van der Waals surface area contributed by atoms with E-state index in [0.29, 0.717) is 16.8 Å². The molecule has 0 spiro atoms. The van der Waals surface area contributed by atoms with Crippen LogP contribution in [0.1, 0.15) is 16.8 Å². The van der Waals surface area contributed by atoms with Gasteiger partial charge in [0.2, 0.25) is 11.8 Å². The predicted octanol–water partition coefficient (Wildman–Crippen LogP) is 2.07. The molecule has 0 atom stereocenters. The monoisotopic (exact) mass is 427 g/mol. The first kappa shape index (κ1) is 21.0. The summed E-state index contributed by atoms with van der Waals surface area (Å²) in [6, 6.07) is 10.2. The van der Waals surface area contributed by atoms with Gasteiger partial charge in [-0.05, 0) is 36.4 Å². The minimum Gasteiger partial charge on any atom is -0.481 e. The number of pyridine rings is 1. The largest absolute Gasteiger partial charge is 0.481 e. The van der Waals surface area contributed by atoms with Crippen LogP contribution in [0.4, 0.5) is 5.69 Å². The van der Waals surface area contributed by atoms with Crippen molar-refractivity contribution in [3.63, 3.8) is 0 Å². The predicted molar refractivity (Wildman–Crippen MR) is 108 cm³/mol. The van der Waals surface area contributed by atoms with Crippen molar-refractivity contribution < 1.29 is 23.9 Å². The molecule has 3 N–H and O–H groups in total. The van der Waals surface area contributed by atoms with E-state index < -0.39 is 5.97 Å². The highest BCUT2D eigenvalue weighted by molar-refractivity contribution is 7.99. The van der Waals surface area contributed by atoms with Gasteiger partial charge in [0.15, 0.2) is 0 Å². The quantitative estimate of drug-likeness (QED) is 0.436. The van der Waals surface area contributed by atoms with E-state index in [1.807, 2.05) is 0 Å². The topological polar surface area (TPSA) is 147 Å². The van der Waals surface area contributed by atoms with Gasteiger partial charge in [0.05, 0.1) is 17.7 Å². The number of amides is 2. The molecule has 0 aliphatic heterocycles. The van der Waals surface area contributed by atoms with Crippen molar-refractivity contribution in [1.29, 1.82) is 0 Å². The highest BCUT2D eigenvalue weighted by atomic mass is 32.2. The standard InChI is InChI=1S/C19H17N5O5S/c25-15(21-9-7-16(26)27)11-30-19-24-23-18(29-19)12-3-5-14(6-4-12)22-17(28)13-2-1-8-20-10-13/h1-6,8,10H,7,9,11H2,(H,21,25)(H,22,28)(H,26,27). The number of nitrogens with one attached hydrogen (secondary N) is 2. The van der Waals surface area contributed by atoms with Gasteiger partial charge in [0, 0.05) is 30.2 Å². The number of carbonyl (C=O) groups is 3. The Morgan fingerprint density at radius 1 is 1.10 bits per heavy atom. The maximum absolute atomic E-state index is 12.1. The normalized spacial score (nSPS) is 10.4. The minimum atomic E-state index is -0.979. The van der Waals surface area contributed by atoms with Gasteiger partial charge in [-0.1, -0.05) is 11.8 Å². The number of anilines is 1. The van der Waals surface area contributed by atoms with Crippen LogP contribution in [0.2, 0.25) is 0 Å². The van der Waals surface area contributed by atoms with Crippen LogP contribution >= 0.6 is 11.8 Å². The van der Waals surface area contributed by atoms with E-state index >= 15 is 0 Å². The zero-order valence-electron chi connectivity index (χ0n) is 15.6. The van der Waals surface area contributed by atoms with E-state index in [9.17, 15) is 14.4 Å². The molecule has 0 unspecified atom stereocenters. The Labute approximate surface area is 175 Å². The molecular formula is C19H17N5O5S. The van der Waals surface area contributed by atoms with Crippen LogP contribution in [0, 0.1) is 0 Å². The third-order valence-electron chi connectivity index (χ3n) is 3.71. The summed E-state index contributed by atoms with van der Waals surface area (Å²) in [5.41, 5.74) is 1.70. The molecule has 2 aromatic heterocycles. The Balaban J connectivity index is 1.52. The van der Waals surface area contributed by atoms with Gasteiger partial charge in [-0.3, -0.25) is 19.4 Å². The summed E-state index contributed by atoms with van der Waals surface area (Å²) in [7, 11) is 0. The first-order valence-corrected chi connectivity index (χ1v) is 9.76. The maximum Gasteiger partial charge on any atom is 0.305 e. The molecule has 0 aliphatic rings. The van der Waals surface area contributed by atoms with Gasteiger partial charge < -0.3 is 20.2 Å². The Bertz CT molecular complexity index is 1020. The average Bonchev–Trinajstić information content (AvgIpc) is 3.22. The summed E-state index contributed by atoms with van der Waals surface area (Å²) in [4.78, 5) is 38.1. The number of hydrogen-bond acceptors (Lipinski definition) is 8. The second-order valence-electron chi connectivity index (χ2n) is 5.93. The molecular weight excluding hydrogens is 410 g/mol. The molecule has 2 heterocycles. The van der Waals surface area contributed by atoms with Crippen LogP contribution in [0.25, 0.3) is 11.5 Å². The molecule has 0 saturated heterocycles. The lowest BCUT2D eigenvalue weighted by atomic mass is 10.2. The number of nitrogens with zero attached hydrogens (tertiary/aromatic N) is 3. The highest BCUT2D eigenvalue weighted by Gasteiger charge is 2.12. The number of aromatic nitrogens is 3. The number of benzene rings is 1. The third-order valence-corrected chi connectivity index (χ3v) is 4.53. The van der Waals surface area contributed by atoms with Gasteiger partial charge in [0.1, 0.15) is 0 Å². The molecule has 11 heteroatoms. The fraction of sp³-hybridized carbons (Fsp3) is 0.158. The Hall–Kier alpha value is -3.73. The molecule has 0 aliphatic carbocycles. The van der Waals surface area contributed by atoms with E-state index in [4.69, 9.17) is 9.52 Å². The zero-order chi connectivity index (χ0) is 21.3. The van der Waals surface area contributed by atoms with E-state index in [1.54, 1.807) is 42.6 Å². The van der Waals surface area contributed by atoms with Gasteiger partial charge in [0.25, 0.3) is 11.1 Å². The average molecular weight is 427 g/mol. The van der Waals surface area contributed by atoms with E-state index in [1.165, 1.54) is 6.20 Å². The van der Waals surface area contributed by atoms with Crippen LogP contribution in [-0.2, 0) is 9.59 Å². The molecule has 10 nitrogen and oxygen atoms in total. The van der Waals surface area contributed by atoms with Crippen LogP contribution in [0.5, 0.6) is 0 Å². The molecule has 0 saturated carbocycles. The minimum absolute atomic E-state index is 0.0283. The summed E-state index contributed by atoms with van der Waals surface area (Å²) in [5.74, 6) is -1.27. The van der Waals surface area contributed by atoms with Crippen LogP contribution in [0.15, 0.2) is 58.4 Å². The van der Waals surface area contributed by atoms with Crippen molar-refractivity contribution in [3.05, 3.63) is 54.4 Å². The molecule has 0 radical (unpaired) electrons. The number of rotatable bonds is 9. The smallest absolute Gasteiger partial charge is 0.305 e. The molecule has 0 bridgehead atoms. The number of carboxylic acid groups (broad SMARTS) is 1. The Morgan fingerprint density at radius 2 is 1.90 bits per heavy atom. The summed E-state index contributed by atoms with van der Waals surface area (Å²) in [6.07, 6.45) is 2.93. The fourth-order valence-electron chi connectivity index (χ4n) is 2.27. The van der Waals surface area contributed by atoms with Gasteiger partial charge >= 0.3 is 5.97 Å². The lowest BCUT2D eigenvalue weighted by Gasteiger charge is -2.05. The molecule has 3 rings (SSSR count). The summed E-state index contributed by atoms with van der Waals surface area (Å²) >= 11 is 1.05. The molecule has 154 valence electrons. The lowest BCUT2D eigenvalue weighted by molar-refractivity contribution is -0.136. The van der Waals surface area contributed by atoms with E-state index in [2.05, 4.69) is 25.8 Å². The molecule has 0 fully saturated rings. The molecule has 3 aromatic rings. The Morgan fingerprint density at radius 3 is 2.60 bits per heavy atom. The maximum atomic E-state index is 12.1. The molecule has 30 heavy (non-hydrogen) atoms. The van der Waals surface area contributed by atoms with Crippen molar-refractivity contribution in [2.45, 2.75) is 11.6 Å². The second-order valence-corrected chi connectivity index (χ2v) is 6.86. The van der Waals surface area contributed by atoms with E-state index in [0.717, 1.165) is 11.8 Å². The van der Waals surface area contributed by atoms with Crippen molar-refractivity contribution in [3.8, 4) is 11.5 Å². The van der Waals surface area contributed by atoms with Crippen molar-refractivity contribution in [1.82, 2.24) is 20.5 Å². The van der Waals surface area contributed by atoms with Gasteiger partial charge in [-0.2, -0.15) is 0 Å². The molecule has 2 amide bonds. The number of carboxylic acids is 1. The number of thioether (sulfide) groups is 1. The first-order valence-electron chi connectivity index (χ1n) is 8.78. The fourth-order valence-corrected chi connectivity index (χ4v) is 2.86. The van der Waals surface area contributed by atoms with Crippen LogP contribution in [-0.4, -0.2) is 50.4 Å². The Kier molecular flexibility index (Phi) is 7.11.